The van der Waals surface area contributed by atoms with Gasteiger partial charge in [0.1, 0.15) is 0 Å². The zero-order chi connectivity index (χ0) is 9.80. The van der Waals surface area contributed by atoms with Gasteiger partial charge < -0.3 is 9.88 Å². The van der Waals surface area contributed by atoms with E-state index in [0.717, 1.165) is 31.4 Å². The predicted molar refractivity (Wildman–Crippen MR) is 58.3 cm³/mol. The van der Waals surface area contributed by atoms with Crippen molar-refractivity contribution < 1.29 is 0 Å². The van der Waals surface area contributed by atoms with Gasteiger partial charge in [0.25, 0.3) is 0 Å². The SMILES string of the molecule is CCCNc1nccn1CC1CCC1. The van der Waals surface area contributed by atoms with Crippen LogP contribution in [0.15, 0.2) is 12.4 Å². The second-order valence-corrected chi connectivity index (χ2v) is 4.13. The third-order valence-electron chi connectivity index (χ3n) is 2.93. The molecule has 1 aliphatic carbocycles. The molecule has 0 radical (unpaired) electrons. The first kappa shape index (κ1) is 9.56. The van der Waals surface area contributed by atoms with Crippen molar-refractivity contribution in [2.75, 3.05) is 11.9 Å². The van der Waals surface area contributed by atoms with Crippen LogP contribution in [0.3, 0.4) is 0 Å². The van der Waals surface area contributed by atoms with Crippen molar-refractivity contribution in [3.8, 4) is 0 Å². The number of hydrogen-bond donors (Lipinski definition) is 1. The highest BCUT2D eigenvalue weighted by molar-refractivity contribution is 5.25. The van der Waals surface area contributed by atoms with Gasteiger partial charge >= 0.3 is 0 Å². The van der Waals surface area contributed by atoms with E-state index in [1.165, 1.54) is 19.3 Å². The van der Waals surface area contributed by atoms with Crippen LogP contribution in [0, 0.1) is 5.92 Å². The van der Waals surface area contributed by atoms with Crippen molar-refractivity contribution in [2.45, 2.75) is 39.2 Å². The first-order chi connectivity index (χ1) is 6.90. The van der Waals surface area contributed by atoms with Gasteiger partial charge in [0.05, 0.1) is 0 Å². The first-order valence-electron chi connectivity index (χ1n) is 5.65. The Labute approximate surface area is 85.5 Å². The van der Waals surface area contributed by atoms with Crippen LogP contribution in [0.25, 0.3) is 0 Å². The largest absolute Gasteiger partial charge is 0.356 e. The van der Waals surface area contributed by atoms with Gasteiger partial charge in [-0.15, -0.1) is 0 Å². The van der Waals surface area contributed by atoms with Gasteiger partial charge in [-0.3, -0.25) is 0 Å². The number of nitrogens with one attached hydrogen (secondary N) is 1. The Kier molecular flexibility index (Phi) is 3.07. The summed E-state index contributed by atoms with van der Waals surface area (Å²) in [5.41, 5.74) is 0. The van der Waals surface area contributed by atoms with Crippen LogP contribution in [0.2, 0.25) is 0 Å². The summed E-state index contributed by atoms with van der Waals surface area (Å²) in [6.07, 6.45) is 9.32. The van der Waals surface area contributed by atoms with Crippen LogP contribution in [-0.2, 0) is 6.54 Å². The van der Waals surface area contributed by atoms with Crippen molar-refractivity contribution in [1.82, 2.24) is 9.55 Å². The Balaban J connectivity index is 1.90. The number of rotatable bonds is 5. The monoisotopic (exact) mass is 193 g/mol. The molecule has 1 heterocycles. The summed E-state index contributed by atoms with van der Waals surface area (Å²) in [6.45, 7) is 4.33. The number of anilines is 1. The summed E-state index contributed by atoms with van der Waals surface area (Å²) < 4.78 is 2.25. The Hall–Kier alpha value is -0.990. The normalized spacial score (nSPS) is 16.6. The molecule has 0 amide bonds. The molecule has 3 nitrogen and oxygen atoms in total. The van der Waals surface area contributed by atoms with Crippen molar-refractivity contribution in [2.24, 2.45) is 5.92 Å². The summed E-state index contributed by atoms with van der Waals surface area (Å²) in [7, 11) is 0. The lowest BCUT2D eigenvalue weighted by molar-refractivity contribution is 0.278. The average Bonchev–Trinajstić information content (AvgIpc) is 2.55. The van der Waals surface area contributed by atoms with E-state index in [2.05, 4.69) is 28.0 Å². The van der Waals surface area contributed by atoms with Gasteiger partial charge in [-0.25, -0.2) is 4.98 Å². The topological polar surface area (TPSA) is 29.9 Å². The molecule has 0 atom stereocenters. The van der Waals surface area contributed by atoms with E-state index >= 15 is 0 Å². The highest BCUT2D eigenvalue weighted by Gasteiger charge is 2.18. The third-order valence-corrected chi connectivity index (χ3v) is 2.93. The molecule has 1 aliphatic rings. The Morgan fingerprint density at radius 3 is 3.07 bits per heavy atom. The molecule has 78 valence electrons. The second kappa shape index (κ2) is 4.49. The lowest BCUT2D eigenvalue weighted by Gasteiger charge is -2.26. The minimum absolute atomic E-state index is 0.895. The third kappa shape index (κ3) is 2.08. The second-order valence-electron chi connectivity index (χ2n) is 4.13. The van der Waals surface area contributed by atoms with Gasteiger partial charge in [-0.1, -0.05) is 13.3 Å². The van der Waals surface area contributed by atoms with Gasteiger partial charge in [0, 0.05) is 25.5 Å². The van der Waals surface area contributed by atoms with Gasteiger partial charge in [0.2, 0.25) is 5.95 Å². The zero-order valence-electron chi connectivity index (χ0n) is 8.87. The van der Waals surface area contributed by atoms with Crippen molar-refractivity contribution in [1.29, 1.82) is 0 Å². The molecular weight excluding hydrogens is 174 g/mol. The van der Waals surface area contributed by atoms with Gasteiger partial charge in [0.15, 0.2) is 0 Å². The molecule has 0 aliphatic heterocycles. The van der Waals surface area contributed by atoms with Crippen molar-refractivity contribution in [3.05, 3.63) is 12.4 Å². The maximum atomic E-state index is 4.32. The van der Waals surface area contributed by atoms with E-state index in [0.29, 0.717) is 0 Å². The molecule has 0 bridgehead atoms. The molecule has 0 saturated heterocycles. The number of hydrogen-bond acceptors (Lipinski definition) is 2. The first-order valence-corrected chi connectivity index (χ1v) is 5.65. The van der Waals surface area contributed by atoms with Crippen LogP contribution >= 0.6 is 0 Å². The lowest BCUT2D eigenvalue weighted by Crippen LogP contribution is -2.19. The van der Waals surface area contributed by atoms with E-state index < -0.39 is 0 Å². The molecular formula is C11H19N3. The molecule has 0 unspecified atom stereocenters. The molecule has 0 spiro atoms. The number of aromatic nitrogens is 2. The lowest BCUT2D eigenvalue weighted by atomic mass is 9.85. The highest BCUT2D eigenvalue weighted by atomic mass is 15.2. The minimum atomic E-state index is 0.895. The summed E-state index contributed by atoms with van der Waals surface area (Å²) in [4.78, 5) is 4.32. The van der Waals surface area contributed by atoms with Crippen molar-refractivity contribution >= 4 is 5.95 Å². The van der Waals surface area contributed by atoms with E-state index in [-0.39, 0.29) is 0 Å². The Morgan fingerprint density at radius 1 is 1.57 bits per heavy atom. The molecule has 14 heavy (non-hydrogen) atoms. The Bertz CT molecular complexity index is 276. The maximum absolute atomic E-state index is 4.32. The van der Waals surface area contributed by atoms with E-state index in [1.54, 1.807) is 0 Å². The van der Waals surface area contributed by atoms with E-state index in [9.17, 15) is 0 Å². The highest BCUT2D eigenvalue weighted by Crippen LogP contribution is 2.28. The van der Waals surface area contributed by atoms with Crippen LogP contribution in [0.4, 0.5) is 5.95 Å². The average molecular weight is 193 g/mol. The maximum Gasteiger partial charge on any atom is 0.202 e. The van der Waals surface area contributed by atoms with Crippen LogP contribution < -0.4 is 5.32 Å². The van der Waals surface area contributed by atoms with Gasteiger partial charge in [-0.05, 0) is 25.2 Å². The van der Waals surface area contributed by atoms with Crippen LogP contribution in [0.5, 0.6) is 0 Å². The Morgan fingerprint density at radius 2 is 2.43 bits per heavy atom. The molecule has 1 N–H and O–H groups in total. The molecule has 1 saturated carbocycles. The molecule has 1 fully saturated rings. The van der Waals surface area contributed by atoms with E-state index in [4.69, 9.17) is 0 Å². The van der Waals surface area contributed by atoms with E-state index in [1.807, 2.05) is 6.20 Å². The fourth-order valence-electron chi connectivity index (χ4n) is 1.81. The summed E-state index contributed by atoms with van der Waals surface area (Å²) in [5.74, 6) is 1.94. The molecule has 0 aromatic carbocycles. The van der Waals surface area contributed by atoms with Crippen LogP contribution in [0.1, 0.15) is 32.6 Å². The number of imidazole rings is 1. The van der Waals surface area contributed by atoms with Crippen LogP contribution in [-0.4, -0.2) is 16.1 Å². The smallest absolute Gasteiger partial charge is 0.202 e. The fraction of sp³-hybridized carbons (Fsp3) is 0.727. The molecule has 3 heteroatoms. The standard InChI is InChI=1S/C11H19N3/c1-2-6-12-11-13-7-8-14(11)9-10-4-3-5-10/h7-8,10H,2-6,9H2,1H3,(H,12,13). The minimum Gasteiger partial charge on any atom is -0.356 e. The van der Waals surface area contributed by atoms with Gasteiger partial charge in [-0.2, -0.15) is 0 Å². The number of nitrogens with zero attached hydrogens (tertiary/aromatic N) is 2. The molecule has 1 aromatic rings. The summed E-state index contributed by atoms with van der Waals surface area (Å²) >= 11 is 0. The fourth-order valence-corrected chi connectivity index (χ4v) is 1.81. The molecule has 2 rings (SSSR count). The summed E-state index contributed by atoms with van der Waals surface area (Å²) in [6, 6.07) is 0. The molecule has 1 aromatic heterocycles. The summed E-state index contributed by atoms with van der Waals surface area (Å²) in [5, 5.41) is 3.35. The quantitative estimate of drug-likeness (QED) is 0.778. The zero-order valence-corrected chi connectivity index (χ0v) is 8.87. The van der Waals surface area contributed by atoms with Crippen molar-refractivity contribution in [3.63, 3.8) is 0 Å². The predicted octanol–water partition coefficient (Wildman–Crippen LogP) is 2.51.